The van der Waals surface area contributed by atoms with Gasteiger partial charge in [-0.25, -0.2) is 0 Å². The molecule has 1 rings (SSSR count). The molecule has 0 radical (unpaired) electrons. The highest BCUT2D eigenvalue weighted by Crippen LogP contribution is 2.35. The summed E-state index contributed by atoms with van der Waals surface area (Å²) < 4.78 is 0. The van der Waals surface area contributed by atoms with E-state index in [9.17, 15) is 4.79 Å². The van der Waals surface area contributed by atoms with E-state index in [4.69, 9.17) is 0 Å². The van der Waals surface area contributed by atoms with Crippen molar-refractivity contribution in [2.24, 2.45) is 11.3 Å². The van der Waals surface area contributed by atoms with Gasteiger partial charge in [-0.2, -0.15) is 0 Å². The third kappa shape index (κ3) is 3.96. The van der Waals surface area contributed by atoms with Crippen LogP contribution in [0.3, 0.4) is 0 Å². The minimum Gasteiger partial charge on any atom is -0.303 e. The van der Waals surface area contributed by atoms with E-state index in [2.05, 4.69) is 13.8 Å². The van der Waals surface area contributed by atoms with Crippen molar-refractivity contribution in [1.29, 1.82) is 0 Å². The van der Waals surface area contributed by atoms with Gasteiger partial charge in [-0.15, -0.1) is 0 Å². The summed E-state index contributed by atoms with van der Waals surface area (Å²) >= 11 is 0. The van der Waals surface area contributed by atoms with Crippen LogP contribution >= 0.6 is 0 Å². The molecule has 15 heavy (non-hydrogen) atoms. The van der Waals surface area contributed by atoms with Crippen LogP contribution in [0.2, 0.25) is 0 Å². The van der Waals surface area contributed by atoms with Crippen molar-refractivity contribution in [2.45, 2.75) is 71.6 Å². The summed E-state index contributed by atoms with van der Waals surface area (Å²) in [5.74, 6) is 0.563. The lowest BCUT2D eigenvalue weighted by Gasteiger charge is -2.30. The minimum atomic E-state index is -0.0513. The van der Waals surface area contributed by atoms with Gasteiger partial charge in [0.2, 0.25) is 0 Å². The second-order valence-corrected chi connectivity index (χ2v) is 5.54. The molecule has 1 aliphatic carbocycles. The van der Waals surface area contributed by atoms with Crippen LogP contribution in [0.25, 0.3) is 0 Å². The molecule has 0 aromatic heterocycles. The largest absolute Gasteiger partial charge is 0.303 e. The van der Waals surface area contributed by atoms with Crippen molar-refractivity contribution >= 4 is 6.29 Å². The molecule has 1 nitrogen and oxygen atoms in total. The van der Waals surface area contributed by atoms with Crippen LogP contribution in [0, 0.1) is 11.3 Å². The lowest BCUT2D eigenvalue weighted by atomic mass is 9.73. The topological polar surface area (TPSA) is 17.1 Å². The molecule has 0 aromatic carbocycles. The summed E-state index contributed by atoms with van der Waals surface area (Å²) in [6.45, 7) is 4.41. The third-order valence-electron chi connectivity index (χ3n) is 4.25. The van der Waals surface area contributed by atoms with E-state index in [0.29, 0.717) is 5.92 Å². The first-order valence-electron chi connectivity index (χ1n) is 6.65. The Morgan fingerprint density at radius 1 is 1.00 bits per heavy atom. The smallest absolute Gasteiger partial charge is 0.126 e. The summed E-state index contributed by atoms with van der Waals surface area (Å²) in [5, 5.41) is 0. The summed E-state index contributed by atoms with van der Waals surface area (Å²) in [6.07, 6.45) is 12.9. The maximum Gasteiger partial charge on any atom is 0.126 e. The van der Waals surface area contributed by atoms with Crippen LogP contribution in [0.15, 0.2) is 0 Å². The average molecular weight is 210 g/mol. The normalized spacial score (nSPS) is 35.5. The molecule has 0 bridgehead atoms. The first kappa shape index (κ1) is 12.7. The van der Waals surface area contributed by atoms with Gasteiger partial charge in [0.15, 0.2) is 0 Å². The van der Waals surface area contributed by atoms with E-state index in [-0.39, 0.29) is 5.41 Å². The highest BCUT2D eigenvalue weighted by Gasteiger charge is 2.29. The molecule has 1 heteroatoms. The molecule has 88 valence electrons. The zero-order valence-electron chi connectivity index (χ0n) is 10.4. The fourth-order valence-electron chi connectivity index (χ4n) is 2.59. The van der Waals surface area contributed by atoms with Crippen LogP contribution < -0.4 is 0 Å². The van der Waals surface area contributed by atoms with Gasteiger partial charge in [0.1, 0.15) is 6.29 Å². The molecule has 1 saturated carbocycles. The Morgan fingerprint density at radius 3 is 2.13 bits per heavy atom. The molecule has 0 N–H and O–H groups in total. The molecule has 2 unspecified atom stereocenters. The Balaban J connectivity index is 2.54. The second-order valence-electron chi connectivity index (χ2n) is 5.54. The Morgan fingerprint density at radius 2 is 1.53 bits per heavy atom. The Hall–Kier alpha value is -0.330. The highest BCUT2D eigenvalue weighted by molar-refractivity contribution is 5.59. The lowest BCUT2D eigenvalue weighted by molar-refractivity contribution is -0.118. The molecule has 1 aliphatic rings. The molecule has 0 saturated heterocycles. The summed E-state index contributed by atoms with van der Waals surface area (Å²) in [4.78, 5) is 11.2. The fourth-order valence-corrected chi connectivity index (χ4v) is 2.59. The van der Waals surface area contributed by atoms with Crippen LogP contribution in [0.1, 0.15) is 71.6 Å². The molecule has 0 aliphatic heterocycles. The van der Waals surface area contributed by atoms with E-state index in [1.165, 1.54) is 57.7 Å². The van der Waals surface area contributed by atoms with Gasteiger partial charge in [-0.3, -0.25) is 0 Å². The molecule has 0 heterocycles. The van der Waals surface area contributed by atoms with Crippen LogP contribution in [-0.4, -0.2) is 6.29 Å². The van der Waals surface area contributed by atoms with Gasteiger partial charge in [-0.1, -0.05) is 58.8 Å². The van der Waals surface area contributed by atoms with Crippen molar-refractivity contribution in [2.75, 3.05) is 0 Å². The van der Waals surface area contributed by atoms with E-state index in [1.807, 2.05) is 0 Å². The van der Waals surface area contributed by atoms with Crippen molar-refractivity contribution < 1.29 is 4.79 Å². The van der Waals surface area contributed by atoms with Gasteiger partial charge in [0.05, 0.1) is 0 Å². The van der Waals surface area contributed by atoms with E-state index < -0.39 is 0 Å². The van der Waals surface area contributed by atoms with Crippen LogP contribution in [0.5, 0.6) is 0 Å². The monoisotopic (exact) mass is 210 g/mol. The number of hydrogen-bond donors (Lipinski definition) is 0. The van der Waals surface area contributed by atoms with Gasteiger partial charge in [-0.05, 0) is 18.8 Å². The number of carbonyl (C=O) groups is 1. The zero-order chi connectivity index (χ0) is 11.1. The Labute approximate surface area is 94.6 Å². The fraction of sp³-hybridized carbons (Fsp3) is 0.929. The highest BCUT2D eigenvalue weighted by atomic mass is 16.1. The summed E-state index contributed by atoms with van der Waals surface area (Å²) in [6, 6.07) is 0. The summed E-state index contributed by atoms with van der Waals surface area (Å²) in [7, 11) is 0. The lowest BCUT2D eigenvalue weighted by Crippen LogP contribution is -2.27. The van der Waals surface area contributed by atoms with Crippen molar-refractivity contribution in [3.05, 3.63) is 0 Å². The van der Waals surface area contributed by atoms with Gasteiger partial charge in [0, 0.05) is 5.41 Å². The molecule has 0 spiro atoms. The molecule has 0 aromatic rings. The molecule has 1 fully saturated rings. The Bertz CT molecular complexity index is 188. The second kappa shape index (κ2) is 6.30. The molecular weight excluding hydrogens is 184 g/mol. The predicted octanol–water partition coefficient (Wildman–Crippen LogP) is 4.35. The van der Waals surface area contributed by atoms with Crippen molar-refractivity contribution in [1.82, 2.24) is 0 Å². The molecular formula is C14H26O. The maximum absolute atomic E-state index is 11.2. The quantitative estimate of drug-likeness (QED) is 0.588. The standard InChI is InChI=1S/C14H26O/c1-13-10-8-6-4-3-5-7-9-11-14(13,2)12-15/h12-13H,3-11H2,1-2H3. The zero-order valence-corrected chi connectivity index (χ0v) is 10.4. The van der Waals surface area contributed by atoms with Gasteiger partial charge in [0.25, 0.3) is 0 Å². The average Bonchev–Trinajstić information content (AvgIpc) is 2.28. The SMILES string of the molecule is CC1CCCCCCCCCC1(C)C=O. The number of carbonyl (C=O) groups excluding carboxylic acids is 1. The van der Waals surface area contributed by atoms with Crippen LogP contribution in [0.4, 0.5) is 0 Å². The van der Waals surface area contributed by atoms with Gasteiger partial charge >= 0.3 is 0 Å². The number of aldehydes is 1. The first-order valence-corrected chi connectivity index (χ1v) is 6.65. The van der Waals surface area contributed by atoms with Crippen LogP contribution in [-0.2, 0) is 4.79 Å². The summed E-state index contributed by atoms with van der Waals surface area (Å²) in [5.41, 5.74) is -0.0513. The third-order valence-corrected chi connectivity index (χ3v) is 4.25. The Kier molecular flexibility index (Phi) is 5.35. The molecule has 2 atom stereocenters. The van der Waals surface area contributed by atoms with E-state index in [0.717, 1.165) is 6.42 Å². The number of hydrogen-bond acceptors (Lipinski definition) is 1. The van der Waals surface area contributed by atoms with Gasteiger partial charge < -0.3 is 4.79 Å². The maximum atomic E-state index is 11.2. The first-order chi connectivity index (χ1) is 7.19. The van der Waals surface area contributed by atoms with Crippen molar-refractivity contribution in [3.63, 3.8) is 0 Å². The van der Waals surface area contributed by atoms with E-state index in [1.54, 1.807) is 0 Å². The number of rotatable bonds is 1. The molecule has 0 amide bonds. The minimum absolute atomic E-state index is 0.0513. The van der Waals surface area contributed by atoms with E-state index >= 15 is 0 Å². The van der Waals surface area contributed by atoms with Crippen molar-refractivity contribution in [3.8, 4) is 0 Å². The predicted molar refractivity (Wildman–Crippen MR) is 64.9 cm³/mol.